The van der Waals surface area contributed by atoms with Crippen LogP contribution in [0.5, 0.6) is 0 Å². The lowest BCUT2D eigenvalue weighted by Gasteiger charge is -2.27. The summed E-state index contributed by atoms with van der Waals surface area (Å²) >= 11 is 1.38. The number of esters is 1. The van der Waals surface area contributed by atoms with Crippen molar-refractivity contribution >= 4 is 33.3 Å². The van der Waals surface area contributed by atoms with Gasteiger partial charge in [-0.3, -0.25) is 0 Å². The zero-order valence-electron chi connectivity index (χ0n) is 15.1. The van der Waals surface area contributed by atoms with Crippen molar-refractivity contribution in [1.29, 1.82) is 0 Å². The molecular weight excluding hydrogens is 350 g/mol. The van der Waals surface area contributed by atoms with Gasteiger partial charge in [-0.2, -0.15) is 0 Å². The summed E-state index contributed by atoms with van der Waals surface area (Å²) < 4.78 is 7.04. The summed E-state index contributed by atoms with van der Waals surface area (Å²) in [7, 11) is 1.41. The Kier molecular flexibility index (Phi) is 4.36. The molecule has 4 rings (SSSR count). The number of aromatic nitrogens is 4. The predicted octanol–water partition coefficient (Wildman–Crippen LogP) is 2.96. The fourth-order valence-corrected chi connectivity index (χ4v) is 4.80. The number of imidazole rings is 1. The maximum atomic E-state index is 12.1. The van der Waals surface area contributed by atoms with Crippen molar-refractivity contribution in [1.82, 2.24) is 19.5 Å². The zero-order valence-corrected chi connectivity index (χ0v) is 15.9. The third-order valence-electron chi connectivity index (χ3n) is 4.88. The van der Waals surface area contributed by atoms with Gasteiger partial charge in [0.2, 0.25) is 0 Å². The summed E-state index contributed by atoms with van der Waals surface area (Å²) in [5.41, 5.74) is 0.903. The number of ether oxygens (including phenoxy) is 1. The first-order chi connectivity index (χ1) is 12.6. The Morgan fingerprint density at radius 3 is 2.96 bits per heavy atom. The Bertz CT molecular complexity index is 950. The number of methoxy groups -OCH3 is 1. The minimum absolute atomic E-state index is 0.314. The van der Waals surface area contributed by atoms with Gasteiger partial charge in [0.15, 0.2) is 0 Å². The van der Waals surface area contributed by atoms with E-state index in [4.69, 9.17) is 9.72 Å². The smallest absolute Gasteiger partial charge is 0.348 e. The van der Waals surface area contributed by atoms with Crippen LogP contribution in [0.1, 0.15) is 33.9 Å². The molecule has 4 heterocycles. The molecular formula is C18H21N5O2S. The standard InChI is InChI=1S/C18H21N5O2S/c1-11-14-16(20-12(2)21-17(14)26-15(11)18(24)25-3)23-7-4-5-13(23)9-22-8-6-19-10-22/h6,8,10,13H,4-5,7,9H2,1-3H3. The molecule has 0 aliphatic carbocycles. The third-order valence-corrected chi connectivity index (χ3v) is 6.05. The summed E-state index contributed by atoms with van der Waals surface area (Å²) in [5, 5.41) is 0.971. The fourth-order valence-electron chi connectivity index (χ4n) is 3.66. The predicted molar refractivity (Wildman–Crippen MR) is 101 cm³/mol. The molecule has 8 heteroatoms. The Morgan fingerprint density at radius 1 is 1.38 bits per heavy atom. The topological polar surface area (TPSA) is 73.1 Å². The lowest BCUT2D eigenvalue weighted by atomic mass is 10.1. The number of fused-ring (bicyclic) bond motifs is 1. The van der Waals surface area contributed by atoms with E-state index in [1.165, 1.54) is 18.4 Å². The van der Waals surface area contributed by atoms with Crippen molar-refractivity contribution < 1.29 is 9.53 Å². The Balaban J connectivity index is 1.79. The first kappa shape index (κ1) is 17.0. The van der Waals surface area contributed by atoms with Gasteiger partial charge in [0.25, 0.3) is 0 Å². The first-order valence-electron chi connectivity index (χ1n) is 8.67. The van der Waals surface area contributed by atoms with E-state index in [2.05, 4.69) is 19.4 Å². The molecule has 0 saturated carbocycles. The van der Waals surface area contributed by atoms with E-state index >= 15 is 0 Å². The molecule has 1 fully saturated rings. The van der Waals surface area contributed by atoms with Crippen molar-refractivity contribution in [2.45, 2.75) is 39.3 Å². The summed E-state index contributed by atoms with van der Waals surface area (Å²) in [4.78, 5) is 29.4. The van der Waals surface area contributed by atoms with Crippen LogP contribution in [-0.4, -0.2) is 45.2 Å². The molecule has 0 N–H and O–H groups in total. The SMILES string of the molecule is COC(=O)c1sc2nc(C)nc(N3CCCC3Cn3ccnc3)c2c1C. The molecule has 136 valence electrons. The van der Waals surface area contributed by atoms with E-state index in [9.17, 15) is 4.79 Å². The van der Waals surface area contributed by atoms with E-state index in [0.717, 1.165) is 53.4 Å². The highest BCUT2D eigenvalue weighted by atomic mass is 32.1. The van der Waals surface area contributed by atoms with E-state index < -0.39 is 0 Å². The van der Waals surface area contributed by atoms with Crippen molar-refractivity contribution in [3.05, 3.63) is 35.0 Å². The van der Waals surface area contributed by atoms with Crippen LogP contribution in [0.2, 0.25) is 0 Å². The maximum absolute atomic E-state index is 12.1. The van der Waals surface area contributed by atoms with Gasteiger partial charge < -0.3 is 14.2 Å². The quantitative estimate of drug-likeness (QED) is 0.657. The van der Waals surface area contributed by atoms with Crippen molar-refractivity contribution in [2.75, 3.05) is 18.6 Å². The molecule has 26 heavy (non-hydrogen) atoms. The lowest BCUT2D eigenvalue weighted by Crippen LogP contribution is -2.33. The minimum atomic E-state index is -0.314. The normalized spacial score (nSPS) is 17.2. The van der Waals surface area contributed by atoms with Gasteiger partial charge in [-0.25, -0.2) is 19.7 Å². The van der Waals surface area contributed by atoms with Gasteiger partial charge in [0.05, 0.1) is 18.8 Å². The summed E-state index contributed by atoms with van der Waals surface area (Å²) in [5.74, 6) is 1.34. The Hall–Kier alpha value is -2.48. The first-order valence-corrected chi connectivity index (χ1v) is 9.48. The van der Waals surface area contributed by atoms with Crippen molar-refractivity contribution in [3.8, 4) is 0 Å². The fraction of sp³-hybridized carbons (Fsp3) is 0.444. The van der Waals surface area contributed by atoms with Gasteiger partial charge in [-0.1, -0.05) is 0 Å². The number of thiophene rings is 1. The van der Waals surface area contributed by atoms with Gasteiger partial charge in [0.1, 0.15) is 21.3 Å². The molecule has 0 radical (unpaired) electrons. The lowest BCUT2D eigenvalue weighted by molar-refractivity contribution is 0.0605. The number of aryl methyl sites for hydroxylation is 2. The number of carbonyl (C=O) groups is 1. The number of carbonyl (C=O) groups excluding carboxylic acids is 1. The highest BCUT2D eigenvalue weighted by molar-refractivity contribution is 7.20. The second-order valence-corrected chi connectivity index (χ2v) is 7.57. The largest absolute Gasteiger partial charge is 0.465 e. The molecule has 0 amide bonds. The van der Waals surface area contributed by atoms with Gasteiger partial charge in [-0.05, 0) is 32.3 Å². The minimum Gasteiger partial charge on any atom is -0.465 e. The Morgan fingerprint density at radius 2 is 2.23 bits per heavy atom. The van der Waals surface area contributed by atoms with E-state index in [1.807, 2.05) is 26.4 Å². The summed E-state index contributed by atoms with van der Waals surface area (Å²) in [6, 6.07) is 0.350. The van der Waals surface area contributed by atoms with Crippen molar-refractivity contribution in [3.63, 3.8) is 0 Å². The van der Waals surface area contributed by atoms with Crippen LogP contribution in [0.15, 0.2) is 18.7 Å². The zero-order chi connectivity index (χ0) is 18.3. The van der Waals surface area contributed by atoms with Crippen LogP contribution in [0.4, 0.5) is 5.82 Å². The van der Waals surface area contributed by atoms with Crippen LogP contribution in [0.25, 0.3) is 10.2 Å². The molecule has 0 spiro atoms. The molecule has 1 saturated heterocycles. The van der Waals surface area contributed by atoms with Crippen LogP contribution in [0.3, 0.4) is 0 Å². The molecule has 3 aromatic heterocycles. The van der Waals surface area contributed by atoms with E-state index in [0.29, 0.717) is 10.9 Å². The second kappa shape index (κ2) is 6.68. The van der Waals surface area contributed by atoms with Crippen LogP contribution >= 0.6 is 11.3 Å². The molecule has 1 atom stereocenters. The highest BCUT2D eigenvalue weighted by Gasteiger charge is 2.30. The van der Waals surface area contributed by atoms with Gasteiger partial charge >= 0.3 is 5.97 Å². The van der Waals surface area contributed by atoms with Gasteiger partial charge in [0, 0.05) is 31.5 Å². The molecule has 7 nitrogen and oxygen atoms in total. The molecule has 3 aromatic rings. The summed E-state index contributed by atoms with van der Waals surface area (Å²) in [6.45, 7) is 5.68. The highest BCUT2D eigenvalue weighted by Crippen LogP contribution is 2.38. The molecule has 1 aliphatic heterocycles. The average molecular weight is 371 g/mol. The number of hydrogen-bond acceptors (Lipinski definition) is 7. The average Bonchev–Trinajstić information content (AvgIpc) is 3.35. The summed E-state index contributed by atoms with van der Waals surface area (Å²) in [6.07, 6.45) is 7.87. The monoisotopic (exact) mass is 371 g/mol. The van der Waals surface area contributed by atoms with Gasteiger partial charge in [-0.15, -0.1) is 11.3 Å². The molecule has 0 aromatic carbocycles. The van der Waals surface area contributed by atoms with Crippen LogP contribution < -0.4 is 4.90 Å². The molecule has 1 aliphatic rings. The third kappa shape index (κ3) is 2.84. The van der Waals surface area contributed by atoms with E-state index in [1.54, 1.807) is 6.20 Å². The van der Waals surface area contributed by atoms with Crippen molar-refractivity contribution in [2.24, 2.45) is 0 Å². The number of anilines is 1. The van der Waals surface area contributed by atoms with E-state index in [-0.39, 0.29) is 5.97 Å². The van der Waals surface area contributed by atoms with Crippen LogP contribution in [-0.2, 0) is 11.3 Å². The molecule has 1 unspecified atom stereocenters. The van der Waals surface area contributed by atoms with Crippen LogP contribution in [0, 0.1) is 13.8 Å². The second-order valence-electron chi connectivity index (χ2n) is 6.57. The number of hydrogen-bond donors (Lipinski definition) is 0. The molecule has 0 bridgehead atoms. The number of nitrogens with zero attached hydrogens (tertiary/aromatic N) is 5. The maximum Gasteiger partial charge on any atom is 0.348 e. The number of rotatable bonds is 4. The Labute approximate surface area is 155 Å².